The standard InChI is InChI=1S/C18H12FN3O2/c19-15-7-5-14(6-8-15)11-22-17(23)16(21-18(22)24)9-12-1-3-13(10-20)4-2-12/h1-9H,11H2,(H,21,24). The smallest absolute Gasteiger partial charge is 0.303 e. The molecule has 3 amide bonds. The Morgan fingerprint density at radius 3 is 2.38 bits per heavy atom. The van der Waals surface area contributed by atoms with Crippen LogP contribution in [0.5, 0.6) is 0 Å². The van der Waals surface area contributed by atoms with E-state index < -0.39 is 11.9 Å². The molecule has 5 nitrogen and oxygen atoms in total. The van der Waals surface area contributed by atoms with Crippen LogP contribution in [0.4, 0.5) is 9.18 Å². The predicted molar refractivity (Wildman–Crippen MR) is 84.6 cm³/mol. The van der Waals surface area contributed by atoms with Crippen molar-refractivity contribution in [2.75, 3.05) is 0 Å². The van der Waals surface area contributed by atoms with Gasteiger partial charge in [0.2, 0.25) is 0 Å². The second kappa shape index (κ2) is 6.34. The fourth-order valence-electron chi connectivity index (χ4n) is 2.31. The first-order chi connectivity index (χ1) is 11.6. The number of benzene rings is 2. The number of halogens is 1. The zero-order valence-corrected chi connectivity index (χ0v) is 12.5. The molecule has 6 heteroatoms. The van der Waals surface area contributed by atoms with Gasteiger partial charge in [-0.25, -0.2) is 9.18 Å². The van der Waals surface area contributed by atoms with E-state index in [0.29, 0.717) is 16.7 Å². The molecule has 1 saturated heterocycles. The molecule has 0 radical (unpaired) electrons. The predicted octanol–water partition coefficient (Wildman–Crippen LogP) is 2.79. The van der Waals surface area contributed by atoms with Gasteiger partial charge in [0, 0.05) is 0 Å². The molecule has 24 heavy (non-hydrogen) atoms. The van der Waals surface area contributed by atoms with Gasteiger partial charge in [-0.15, -0.1) is 0 Å². The molecule has 2 aromatic rings. The molecule has 1 aliphatic rings. The van der Waals surface area contributed by atoms with E-state index in [1.165, 1.54) is 24.3 Å². The number of rotatable bonds is 3. The molecule has 1 fully saturated rings. The van der Waals surface area contributed by atoms with Gasteiger partial charge in [-0.1, -0.05) is 24.3 Å². The Kier molecular flexibility index (Phi) is 4.08. The third-order valence-corrected chi connectivity index (χ3v) is 3.57. The van der Waals surface area contributed by atoms with Gasteiger partial charge >= 0.3 is 6.03 Å². The number of nitrogens with zero attached hydrogens (tertiary/aromatic N) is 2. The van der Waals surface area contributed by atoms with Crippen molar-refractivity contribution < 1.29 is 14.0 Å². The highest BCUT2D eigenvalue weighted by atomic mass is 19.1. The van der Waals surface area contributed by atoms with Crippen molar-refractivity contribution in [1.82, 2.24) is 10.2 Å². The molecule has 0 spiro atoms. The van der Waals surface area contributed by atoms with Crippen LogP contribution in [0.15, 0.2) is 54.2 Å². The first-order valence-corrected chi connectivity index (χ1v) is 7.16. The fraction of sp³-hybridized carbons (Fsp3) is 0.0556. The summed E-state index contributed by atoms with van der Waals surface area (Å²) in [6.07, 6.45) is 1.55. The van der Waals surface area contributed by atoms with Crippen LogP contribution in [0.1, 0.15) is 16.7 Å². The average molecular weight is 321 g/mol. The van der Waals surface area contributed by atoms with Crippen LogP contribution < -0.4 is 5.32 Å². The molecule has 0 aliphatic carbocycles. The Hall–Kier alpha value is -3.46. The third kappa shape index (κ3) is 3.15. The fourth-order valence-corrected chi connectivity index (χ4v) is 2.31. The van der Waals surface area contributed by atoms with E-state index in [2.05, 4.69) is 5.32 Å². The van der Waals surface area contributed by atoms with Crippen molar-refractivity contribution in [3.05, 3.63) is 76.7 Å². The minimum absolute atomic E-state index is 0.0651. The number of carbonyl (C=O) groups excluding carboxylic acids is 2. The van der Waals surface area contributed by atoms with Gasteiger partial charge in [0.05, 0.1) is 18.2 Å². The highest BCUT2D eigenvalue weighted by molar-refractivity contribution is 6.13. The largest absolute Gasteiger partial charge is 0.329 e. The number of nitrogens with one attached hydrogen (secondary N) is 1. The molecular weight excluding hydrogens is 309 g/mol. The zero-order chi connectivity index (χ0) is 17.1. The van der Waals surface area contributed by atoms with E-state index in [-0.39, 0.29) is 18.1 Å². The summed E-state index contributed by atoms with van der Waals surface area (Å²) in [5.74, 6) is -0.828. The first-order valence-electron chi connectivity index (χ1n) is 7.16. The Labute approximate surface area is 137 Å². The van der Waals surface area contributed by atoms with Crippen molar-refractivity contribution in [1.29, 1.82) is 5.26 Å². The molecule has 3 rings (SSSR count). The second-order valence-electron chi connectivity index (χ2n) is 5.24. The van der Waals surface area contributed by atoms with Crippen LogP contribution in [0.25, 0.3) is 6.08 Å². The van der Waals surface area contributed by atoms with Gasteiger partial charge < -0.3 is 5.32 Å². The number of urea groups is 1. The summed E-state index contributed by atoms with van der Waals surface area (Å²) in [7, 11) is 0. The Balaban J connectivity index is 1.79. The Bertz CT molecular complexity index is 865. The van der Waals surface area contributed by atoms with E-state index in [4.69, 9.17) is 5.26 Å². The van der Waals surface area contributed by atoms with E-state index in [0.717, 1.165) is 4.90 Å². The van der Waals surface area contributed by atoms with E-state index in [1.807, 2.05) is 6.07 Å². The van der Waals surface area contributed by atoms with Gasteiger partial charge in [-0.05, 0) is 41.5 Å². The molecule has 0 bridgehead atoms. The number of hydrogen-bond acceptors (Lipinski definition) is 3. The van der Waals surface area contributed by atoms with Crippen LogP contribution in [0, 0.1) is 17.1 Å². The average Bonchev–Trinajstić information content (AvgIpc) is 2.85. The number of imide groups is 1. The topological polar surface area (TPSA) is 73.2 Å². The number of nitriles is 1. The summed E-state index contributed by atoms with van der Waals surface area (Å²) in [6, 6.07) is 13.7. The van der Waals surface area contributed by atoms with Gasteiger partial charge in [-0.3, -0.25) is 9.69 Å². The van der Waals surface area contributed by atoms with Crippen molar-refractivity contribution in [2.45, 2.75) is 6.54 Å². The summed E-state index contributed by atoms with van der Waals surface area (Å²) >= 11 is 0. The molecular formula is C18H12FN3O2. The van der Waals surface area contributed by atoms with Gasteiger partial charge in [0.1, 0.15) is 11.5 Å². The van der Waals surface area contributed by atoms with Crippen molar-refractivity contribution >= 4 is 18.0 Å². The summed E-state index contributed by atoms with van der Waals surface area (Å²) in [4.78, 5) is 25.4. The lowest BCUT2D eigenvalue weighted by molar-refractivity contribution is -0.123. The maximum Gasteiger partial charge on any atom is 0.329 e. The second-order valence-corrected chi connectivity index (χ2v) is 5.24. The van der Waals surface area contributed by atoms with Crippen LogP contribution in [0.2, 0.25) is 0 Å². The van der Waals surface area contributed by atoms with Crippen molar-refractivity contribution in [2.24, 2.45) is 0 Å². The number of amides is 3. The van der Waals surface area contributed by atoms with Crippen molar-refractivity contribution in [3.8, 4) is 6.07 Å². The minimum Gasteiger partial charge on any atom is -0.303 e. The summed E-state index contributed by atoms with van der Waals surface area (Å²) in [6.45, 7) is 0.0651. The number of hydrogen-bond donors (Lipinski definition) is 1. The third-order valence-electron chi connectivity index (χ3n) is 3.57. The van der Waals surface area contributed by atoms with Crippen LogP contribution >= 0.6 is 0 Å². The molecule has 118 valence electrons. The summed E-state index contributed by atoms with van der Waals surface area (Å²) in [5.41, 5.74) is 2.02. The summed E-state index contributed by atoms with van der Waals surface area (Å²) < 4.78 is 12.9. The lowest BCUT2D eigenvalue weighted by Gasteiger charge is -2.11. The molecule has 2 aromatic carbocycles. The maximum atomic E-state index is 12.9. The monoisotopic (exact) mass is 321 g/mol. The molecule has 0 atom stereocenters. The first kappa shape index (κ1) is 15.4. The highest BCUT2D eigenvalue weighted by Crippen LogP contribution is 2.17. The molecule has 0 saturated carbocycles. The molecule has 1 aliphatic heterocycles. The van der Waals surface area contributed by atoms with Crippen LogP contribution in [0.3, 0.4) is 0 Å². The molecule has 0 aromatic heterocycles. The number of carbonyl (C=O) groups is 2. The normalized spacial score (nSPS) is 15.5. The maximum absolute atomic E-state index is 12.9. The Morgan fingerprint density at radius 1 is 1.08 bits per heavy atom. The lowest BCUT2D eigenvalue weighted by Crippen LogP contribution is -2.30. The zero-order valence-electron chi connectivity index (χ0n) is 12.5. The van der Waals surface area contributed by atoms with Crippen LogP contribution in [-0.4, -0.2) is 16.8 Å². The molecule has 0 unspecified atom stereocenters. The van der Waals surface area contributed by atoms with Gasteiger partial charge in [0.25, 0.3) is 5.91 Å². The van der Waals surface area contributed by atoms with E-state index >= 15 is 0 Å². The van der Waals surface area contributed by atoms with Gasteiger partial charge in [-0.2, -0.15) is 5.26 Å². The highest BCUT2D eigenvalue weighted by Gasteiger charge is 2.33. The van der Waals surface area contributed by atoms with E-state index in [1.54, 1.807) is 30.3 Å². The quantitative estimate of drug-likeness (QED) is 0.698. The van der Waals surface area contributed by atoms with E-state index in [9.17, 15) is 14.0 Å². The van der Waals surface area contributed by atoms with Crippen molar-refractivity contribution in [3.63, 3.8) is 0 Å². The lowest BCUT2D eigenvalue weighted by atomic mass is 10.1. The Morgan fingerprint density at radius 2 is 1.75 bits per heavy atom. The SMILES string of the molecule is N#Cc1ccc(C=C2NC(=O)N(Cc3ccc(F)cc3)C2=O)cc1. The summed E-state index contributed by atoms with van der Waals surface area (Å²) in [5, 5.41) is 11.3. The van der Waals surface area contributed by atoms with Crippen LogP contribution in [-0.2, 0) is 11.3 Å². The molecule has 1 N–H and O–H groups in total. The van der Waals surface area contributed by atoms with Gasteiger partial charge in [0.15, 0.2) is 0 Å². The molecule has 1 heterocycles. The minimum atomic E-state index is -0.524.